The molecule has 2 rings (SSSR count). The fourth-order valence-electron chi connectivity index (χ4n) is 2.15. The third kappa shape index (κ3) is 5.08. The highest BCUT2D eigenvalue weighted by Gasteiger charge is 2.44. The minimum Gasteiger partial charge on any atom is -0.430 e. The summed E-state index contributed by atoms with van der Waals surface area (Å²) in [7, 11) is 0. The Balaban J connectivity index is 2.14. The summed E-state index contributed by atoms with van der Waals surface area (Å²) < 4.78 is 41.8. The van der Waals surface area contributed by atoms with Crippen molar-refractivity contribution in [2.24, 2.45) is 0 Å². The number of anilines is 1. The lowest BCUT2D eigenvalue weighted by molar-refractivity contribution is -0.212. The molecular formula is C14H15ClF3N3O3. The smallest absolute Gasteiger partial charge is 0.430 e. The molecule has 0 aliphatic carbocycles. The summed E-state index contributed by atoms with van der Waals surface area (Å²) in [5.74, 6) is -3.29. The van der Waals surface area contributed by atoms with Crippen LogP contribution in [0.5, 0.6) is 0 Å². The second-order valence-electron chi connectivity index (χ2n) is 5.04. The van der Waals surface area contributed by atoms with Gasteiger partial charge in [-0.05, 0) is 18.2 Å². The van der Waals surface area contributed by atoms with Gasteiger partial charge in [-0.1, -0.05) is 17.7 Å². The molecule has 1 aliphatic rings. The molecule has 1 aromatic carbocycles. The summed E-state index contributed by atoms with van der Waals surface area (Å²) in [5, 5.41) is 5.75. The second kappa shape index (κ2) is 7.82. The molecule has 10 heteroatoms. The van der Waals surface area contributed by atoms with Crippen LogP contribution in [0, 0.1) is 0 Å². The second-order valence-corrected chi connectivity index (χ2v) is 5.48. The number of rotatable bonds is 4. The molecule has 24 heavy (non-hydrogen) atoms. The normalized spacial score (nSPS) is 17.2. The molecule has 0 radical (unpaired) electrons. The highest BCUT2D eigenvalue weighted by molar-refractivity contribution is 6.30. The number of esters is 1. The summed E-state index contributed by atoms with van der Waals surface area (Å²) >= 11 is 5.80. The van der Waals surface area contributed by atoms with Gasteiger partial charge in [-0.25, -0.2) is 4.79 Å². The number of amides is 1. The molecule has 1 aliphatic heterocycles. The largest absolute Gasteiger partial charge is 0.490 e. The average molecular weight is 366 g/mol. The van der Waals surface area contributed by atoms with Gasteiger partial charge in [0.2, 0.25) is 6.23 Å². The van der Waals surface area contributed by atoms with Crippen molar-refractivity contribution in [2.45, 2.75) is 12.4 Å². The molecule has 0 bridgehead atoms. The Morgan fingerprint density at radius 1 is 1.29 bits per heavy atom. The van der Waals surface area contributed by atoms with Crippen LogP contribution >= 0.6 is 11.6 Å². The van der Waals surface area contributed by atoms with Crippen LogP contribution in [0.4, 0.5) is 18.9 Å². The first-order chi connectivity index (χ1) is 11.3. The number of carbonyl (C=O) groups is 2. The van der Waals surface area contributed by atoms with Crippen molar-refractivity contribution in [3.05, 3.63) is 29.3 Å². The SMILES string of the molecule is O=C(Nc1cccc(Cl)c1)C(OC(=O)C(F)(F)F)N1CCNCC1. The minimum absolute atomic E-state index is 0.263. The fraction of sp³-hybridized carbons (Fsp3) is 0.429. The minimum atomic E-state index is -5.18. The molecule has 1 amide bonds. The number of nitrogens with one attached hydrogen (secondary N) is 2. The maximum absolute atomic E-state index is 12.5. The van der Waals surface area contributed by atoms with E-state index in [2.05, 4.69) is 15.4 Å². The molecule has 0 spiro atoms. The molecule has 6 nitrogen and oxygen atoms in total. The Bertz CT molecular complexity index is 606. The first-order valence-corrected chi connectivity index (χ1v) is 7.44. The lowest BCUT2D eigenvalue weighted by Gasteiger charge is -2.33. The number of ether oxygens (including phenoxy) is 1. The van der Waals surface area contributed by atoms with Crippen molar-refractivity contribution >= 4 is 29.2 Å². The summed E-state index contributed by atoms with van der Waals surface area (Å²) in [6.45, 7) is 1.45. The van der Waals surface area contributed by atoms with Gasteiger partial charge in [-0.2, -0.15) is 13.2 Å². The van der Waals surface area contributed by atoms with E-state index in [9.17, 15) is 22.8 Å². The number of halogens is 4. The molecule has 0 saturated carbocycles. The molecule has 1 atom stereocenters. The van der Waals surface area contributed by atoms with E-state index in [1.54, 1.807) is 12.1 Å². The third-order valence-corrected chi connectivity index (χ3v) is 3.48. The van der Waals surface area contributed by atoms with E-state index in [1.807, 2.05) is 0 Å². The molecule has 1 aromatic rings. The van der Waals surface area contributed by atoms with Crippen LogP contribution in [0.1, 0.15) is 0 Å². The highest BCUT2D eigenvalue weighted by Crippen LogP contribution is 2.20. The van der Waals surface area contributed by atoms with E-state index in [0.717, 1.165) is 0 Å². The number of carbonyl (C=O) groups excluding carboxylic acids is 2. The van der Waals surface area contributed by atoms with Crippen LogP contribution < -0.4 is 10.6 Å². The Morgan fingerprint density at radius 3 is 2.54 bits per heavy atom. The number of benzene rings is 1. The monoisotopic (exact) mass is 365 g/mol. The van der Waals surface area contributed by atoms with Gasteiger partial charge in [-0.3, -0.25) is 9.69 Å². The first-order valence-electron chi connectivity index (χ1n) is 7.06. The Labute approximate surface area is 140 Å². The van der Waals surface area contributed by atoms with Gasteiger partial charge < -0.3 is 15.4 Å². The Kier molecular flexibility index (Phi) is 6.03. The van der Waals surface area contributed by atoms with Gasteiger partial charge >= 0.3 is 12.1 Å². The summed E-state index contributed by atoms with van der Waals surface area (Å²) in [4.78, 5) is 24.8. The van der Waals surface area contributed by atoms with E-state index < -0.39 is 24.3 Å². The van der Waals surface area contributed by atoms with Gasteiger partial charge in [0, 0.05) is 36.9 Å². The van der Waals surface area contributed by atoms with Crippen molar-refractivity contribution in [3.63, 3.8) is 0 Å². The summed E-state index contributed by atoms with van der Waals surface area (Å²) in [6.07, 6.45) is -6.86. The topological polar surface area (TPSA) is 70.7 Å². The maximum atomic E-state index is 12.5. The zero-order valence-corrected chi connectivity index (χ0v) is 13.2. The number of nitrogens with zero attached hydrogens (tertiary/aromatic N) is 1. The predicted octanol–water partition coefficient (Wildman–Crippen LogP) is 1.62. The van der Waals surface area contributed by atoms with Crippen molar-refractivity contribution in [2.75, 3.05) is 31.5 Å². The molecule has 132 valence electrons. The zero-order chi connectivity index (χ0) is 17.7. The van der Waals surface area contributed by atoms with Crippen molar-refractivity contribution in [1.82, 2.24) is 10.2 Å². The van der Waals surface area contributed by atoms with Crippen LogP contribution in [-0.2, 0) is 14.3 Å². The van der Waals surface area contributed by atoms with E-state index in [1.165, 1.54) is 17.0 Å². The molecule has 0 aromatic heterocycles. The van der Waals surface area contributed by atoms with Crippen LogP contribution in [0.25, 0.3) is 0 Å². The molecule has 1 heterocycles. The zero-order valence-electron chi connectivity index (χ0n) is 12.4. The van der Waals surface area contributed by atoms with Crippen LogP contribution in [-0.4, -0.2) is 55.4 Å². The quantitative estimate of drug-likeness (QED) is 0.793. The molecule has 1 fully saturated rings. The number of piperazine rings is 1. The van der Waals surface area contributed by atoms with Gasteiger partial charge in [0.25, 0.3) is 5.91 Å². The summed E-state index contributed by atoms with van der Waals surface area (Å²) in [6, 6.07) is 6.10. The van der Waals surface area contributed by atoms with E-state index >= 15 is 0 Å². The van der Waals surface area contributed by atoms with Crippen molar-refractivity contribution in [3.8, 4) is 0 Å². The highest BCUT2D eigenvalue weighted by atomic mass is 35.5. The van der Waals surface area contributed by atoms with Crippen LogP contribution in [0.3, 0.4) is 0 Å². The van der Waals surface area contributed by atoms with Crippen molar-refractivity contribution in [1.29, 1.82) is 0 Å². The third-order valence-electron chi connectivity index (χ3n) is 3.25. The van der Waals surface area contributed by atoms with E-state index in [4.69, 9.17) is 11.6 Å². The molecule has 2 N–H and O–H groups in total. The predicted molar refractivity (Wildman–Crippen MR) is 80.5 cm³/mol. The van der Waals surface area contributed by atoms with E-state index in [-0.39, 0.29) is 18.8 Å². The van der Waals surface area contributed by atoms with Crippen LogP contribution in [0.15, 0.2) is 24.3 Å². The first kappa shape index (κ1) is 18.5. The Hall–Kier alpha value is -1.84. The lowest BCUT2D eigenvalue weighted by Crippen LogP contribution is -2.55. The van der Waals surface area contributed by atoms with Gasteiger partial charge in [0.1, 0.15) is 0 Å². The fourth-order valence-corrected chi connectivity index (χ4v) is 2.34. The van der Waals surface area contributed by atoms with Gasteiger partial charge in [0.15, 0.2) is 0 Å². The Morgan fingerprint density at radius 2 is 1.96 bits per heavy atom. The van der Waals surface area contributed by atoms with E-state index in [0.29, 0.717) is 18.1 Å². The number of alkyl halides is 3. The van der Waals surface area contributed by atoms with Crippen LogP contribution in [0.2, 0.25) is 5.02 Å². The average Bonchev–Trinajstić information content (AvgIpc) is 2.52. The standard InChI is InChI=1S/C14H15ClF3N3O3/c15-9-2-1-3-10(8-9)20-11(22)12(21-6-4-19-5-7-21)24-13(23)14(16,17)18/h1-3,8,12,19H,4-7H2,(H,20,22). The number of hydrogen-bond donors (Lipinski definition) is 2. The molecular weight excluding hydrogens is 351 g/mol. The number of hydrogen-bond acceptors (Lipinski definition) is 5. The molecule has 1 saturated heterocycles. The summed E-state index contributed by atoms with van der Waals surface area (Å²) in [5.41, 5.74) is 0.288. The maximum Gasteiger partial charge on any atom is 0.490 e. The van der Waals surface area contributed by atoms with Gasteiger partial charge in [0.05, 0.1) is 0 Å². The molecule has 1 unspecified atom stereocenters. The van der Waals surface area contributed by atoms with Crippen molar-refractivity contribution < 1.29 is 27.5 Å². The lowest BCUT2D eigenvalue weighted by atomic mass is 10.3. The van der Waals surface area contributed by atoms with Gasteiger partial charge in [-0.15, -0.1) is 0 Å².